The monoisotopic (exact) mass is 427 g/mol. The number of amides is 2. The van der Waals surface area contributed by atoms with Gasteiger partial charge in [-0.2, -0.15) is 0 Å². The van der Waals surface area contributed by atoms with Crippen molar-refractivity contribution in [3.05, 3.63) is 41.6 Å². The smallest absolute Gasteiger partial charge is 0.254 e. The van der Waals surface area contributed by atoms with Gasteiger partial charge in [-0.05, 0) is 26.0 Å². The Bertz CT molecular complexity index is 942. The lowest BCUT2D eigenvalue weighted by molar-refractivity contribution is -0.145. The summed E-state index contributed by atoms with van der Waals surface area (Å²) in [5.74, 6) is -0.0929. The fraction of sp³-hybridized carbons (Fsp3) is 0.522. The summed E-state index contributed by atoms with van der Waals surface area (Å²) in [6, 6.07) is 9.45. The van der Waals surface area contributed by atoms with Crippen molar-refractivity contribution in [1.82, 2.24) is 14.8 Å². The molecular formula is C23H29N3O5. The van der Waals surface area contributed by atoms with Crippen LogP contribution in [0.2, 0.25) is 0 Å². The lowest BCUT2D eigenvalue weighted by atomic mass is 10.0. The van der Waals surface area contributed by atoms with Crippen molar-refractivity contribution in [2.75, 3.05) is 52.6 Å². The first-order chi connectivity index (χ1) is 15.0. The molecule has 2 aliphatic heterocycles. The molecule has 0 spiro atoms. The number of hydrogen-bond acceptors (Lipinski definition) is 6. The summed E-state index contributed by atoms with van der Waals surface area (Å²) in [4.78, 5) is 34.1. The van der Waals surface area contributed by atoms with Crippen LogP contribution in [0.4, 0.5) is 0 Å². The van der Waals surface area contributed by atoms with Crippen LogP contribution in [0.5, 0.6) is 0 Å². The molecule has 0 unspecified atom stereocenters. The van der Waals surface area contributed by atoms with Crippen molar-refractivity contribution in [2.24, 2.45) is 0 Å². The molecule has 0 aliphatic carbocycles. The molecule has 2 aliphatic rings. The molecule has 2 fully saturated rings. The zero-order valence-electron chi connectivity index (χ0n) is 18.1. The van der Waals surface area contributed by atoms with Gasteiger partial charge in [0.25, 0.3) is 5.91 Å². The highest BCUT2D eigenvalue weighted by atomic mass is 16.5. The normalized spacial score (nSPS) is 19.8. The van der Waals surface area contributed by atoms with E-state index in [0.29, 0.717) is 57.3 Å². The summed E-state index contributed by atoms with van der Waals surface area (Å²) in [5, 5.41) is 0.816. The summed E-state index contributed by atoms with van der Waals surface area (Å²) < 4.78 is 16.8. The second kappa shape index (κ2) is 9.72. The largest absolute Gasteiger partial charge is 0.378 e. The Kier molecular flexibility index (Phi) is 6.80. The molecular weight excluding hydrogens is 398 g/mol. The highest BCUT2D eigenvalue weighted by molar-refractivity contribution is 6.06. The zero-order valence-corrected chi connectivity index (χ0v) is 18.1. The summed E-state index contributed by atoms with van der Waals surface area (Å²) >= 11 is 0. The molecule has 2 saturated heterocycles. The highest BCUT2D eigenvalue weighted by Crippen LogP contribution is 2.27. The van der Waals surface area contributed by atoms with Crippen LogP contribution < -0.4 is 0 Å². The summed E-state index contributed by atoms with van der Waals surface area (Å²) in [6.45, 7) is 7.41. The minimum absolute atomic E-state index is 0.00306. The minimum Gasteiger partial charge on any atom is -0.378 e. The molecule has 2 amide bonds. The van der Waals surface area contributed by atoms with Crippen LogP contribution in [0, 0.1) is 0 Å². The van der Waals surface area contributed by atoms with E-state index in [1.54, 1.807) is 4.90 Å². The first-order valence-corrected chi connectivity index (χ1v) is 10.8. The van der Waals surface area contributed by atoms with Crippen LogP contribution in [0.1, 0.15) is 36.0 Å². The van der Waals surface area contributed by atoms with Gasteiger partial charge >= 0.3 is 0 Å². The number of carbonyl (C=O) groups excluding carboxylic acids is 2. The van der Waals surface area contributed by atoms with Gasteiger partial charge in [-0.15, -0.1) is 0 Å². The van der Waals surface area contributed by atoms with Crippen LogP contribution in [-0.4, -0.2) is 85.3 Å². The maximum absolute atomic E-state index is 13.3. The van der Waals surface area contributed by atoms with E-state index in [0.717, 1.165) is 10.9 Å². The second-order valence-electron chi connectivity index (χ2n) is 8.08. The number of aromatic nitrogens is 1. The zero-order chi connectivity index (χ0) is 21.8. The lowest BCUT2D eigenvalue weighted by Gasteiger charge is -2.33. The fourth-order valence-electron chi connectivity index (χ4n) is 3.86. The number of pyridine rings is 1. The molecule has 4 rings (SSSR count). The number of para-hydroxylation sites is 1. The molecule has 8 heteroatoms. The standard InChI is InChI=1S/C23H29N3O5/c1-16(2)31-15-22(27)26-9-12-30-21(14-26)20-13-18(17-5-3-4-6-19(17)24-20)23(28)25-7-10-29-11-8-25/h3-6,13,16,21H,7-12,14-15H2,1-2H3/t21-/m0/s1. The van der Waals surface area contributed by atoms with Crippen LogP contribution >= 0.6 is 0 Å². The van der Waals surface area contributed by atoms with E-state index in [-0.39, 0.29) is 24.5 Å². The van der Waals surface area contributed by atoms with E-state index in [1.807, 2.05) is 49.1 Å². The third-order valence-electron chi connectivity index (χ3n) is 5.55. The Balaban J connectivity index is 1.60. The molecule has 1 atom stereocenters. The minimum atomic E-state index is -0.391. The van der Waals surface area contributed by atoms with Gasteiger partial charge in [-0.3, -0.25) is 9.59 Å². The Hall–Kier alpha value is -2.55. The van der Waals surface area contributed by atoms with Crippen LogP contribution in [0.15, 0.2) is 30.3 Å². The molecule has 0 saturated carbocycles. The van der Waals surface area contributed by atoms with Gasteiger partial charge in [-0.25, -0.2) is 4.98 Å². The van der Waals surface area contributed by atoms with Crippen molar-refractivity contribution >= 4 is 22.7 Å². The van der Waals surface area contributed by atoms with E-state index in [9.17, 15) is 9.59 Å². The summed E-state index contributed by atoms with van der Waals surface area (Å²) in [5.41, 5.74) is 2.02. The van der Waals surface area contributed by atoms with Gasteiger partial charge < -0.3 is 24.0 Å². The summed E-state index contributed by atoms with van der Waals surface area (Å²) in [7, 11) is 0. The van der Waals surface area contributed by atoms with E-state index in [4.69, 9.17) is 19.2 Å². The van der Waals surface area contributed by atoms with Crippen molar-refractivity contribution in [3.63, 3.8) is 0 Å². The molecule has 0 radical (unpaired) electrons. The number of ether oxygens (including phenoxy) is 3. The van der Waals surface area contributed by atoms with Crippen LogP contribution in [0.25, 0.3) is 10.9 Å². The molecule has 0 N–H and O–H groups in total. The average Bonchev–Trinajstić information content (AvgIpc) is 2.82. The van der Waals surface area contributed by atoms with E-state index < -0.39 is 6.10 Å². The van der Waals surface area contributed by atoms with Crippen LogP contribution in [-0.2, 0) is 19.0 Å². The second-order valence-corrected chi connectivity index (χ2v) is 8.08. The van der Waals surface area contributed by atoms with E-state index in [2.05, 4.69) is 0 Å². The Morgan fingerprint density at radius 1 is 1.13 bits per heavy atom. The first kappa shape index (κ1) is 21.7. The number of morpholine rings is 2. The number of hydrogen-bond donors (Lipinski definition) is 0. The Labute approximate surface area is 182 Å². The molecule has 31 heavy (non-hydrogen) atoms. The molecule has 1 aromatic carbocycles. The van der Waals surface area contributed by atoms with Gasteiger partial charge in [0, 0.05) is 25.0 Å². The molecule has 1 aromatic heterocycles. The number of rotatable bonds is 5. The summed E-state index contributed by atoms with van der Waals surface area (Å²) in [6.07, 6.45) is -0.394. The number of carbonyl (C=O) groups is 2. The van der Waals surface area contributed by atoms with Crippen molar-refractivity contribution in [1.29, 1.82) is 0 Å². The Morgan fingerprint density at radius 2 is 1.87 bits per heavy atom. The topological polar surface area (TPSA) is 81.2 Å². The third kappa shape index (κ3) is 5.03. The quantitative estimate of drug-likeness (QED) is 0.726. The molecule has 2 aromatic rings. The molecule has 8 nitrogen and oxygen atoms in total. The molecule has 0 bridgehead atoms. The van der Waals surface area contributed by atoms with Crippen molar-refractivity contribution in [2.45, 2.75) is 26.1 Å². The van der Waals surface area contributed by atoms with Crippen molar-refractivity contribution < 1.29 is 23.8 Å². The Morgan fingerprint density at radius 3 is 2.65 bits per heavy atom. The predicted molar refractivity (Wildman–Crippen MR) is 115 cm³/mol. The first-order valence-electron chi connectivity index (χ1n) is 10.8. The molecule has 3 heterocycles. The van der Waals surface area contributed by atoms with Gasteiger partial charge in [-0.1, -0.05) is 18.2 Å². The number of fused-ring (bicyclic) bond motifs is 1. The third-order valence-corrected chi connectivity index (χ3v) is 5.55. The van der Waals surface area contributed by atoms with Gasteiger partial charge in [0.05, 0.1) is 49.2 Å². The fourth-order valence-corrected chi connectivity index (χ4v) is 3.86. The maximum atomic E-state index is 13.3. The van der Waals surface area contributed by atoms with Gasteiger partial charge in [0.1, 0.15) is 12.7 Å². The van der Waals surface area contributed by atoms with Gasteiger partial charge in [0.15, 0.2) is 0 Å². The SMILES string of the molecule is CC(C)OCC(=O)N1CCO[C@H](c2cc(C(=O)N3CCOCC3)c3ccccc3n2)C1. The lowest BCUT2D eigenvalue weighted by Crippen LogP contribution is -2.44. The van der Waals surface area contributed by atoms with E-state index in [1.165, 1.54) is 0 Å². The van der Waals surface area contributed by atoms with Crippen molar-refractivity contribution in [3.8, 4) is 0 Å². The number of nitrogens with zero attached hydrogens (tertiary/aromatic N) is 3. The van der Waals surface area contributed by atoms with E-state index >= 15 is 0 Å². The van der Waals surface area contributed by atoms with Crippen LogP contribution in [0.3, 0.4) is 0 Å². The van der Waals surface area contributed by atoms with Gasteiger partial charge in [0.2, 0.25) is 5.91 Å². The average molecular weight is 428 g/mol. The predicted octanol–water partition coefficient (Wildman–Crippen LogP) is 2.03. The molecule has 166 valence electrons. The number of benzene rings is 1. The maximum Gasteiger partial charge on any atom is 0.254 e. The highest BCUT2D eigenvalue weighted by Gasteiger charge is 2.29.